The average molecular weight is 292 g/mol. The Morgan fingerprint density at radius 3 is 2.80 bits per heavy atom. The van der Waals surface area contributed by atoms with Crippen molar-refractivity contribution in [1.82, 2.24) is 5.32 Å². The van der Waals surface area contributed by atoms with Crippen molar-refractivity contribution in [1.29, 1.82) is 0 Å². The molecule has 0 aliphatic heterocycles. The minimum atomic E-state index is -0.0528. The van der Waals surface area contributed by atoms with Gasteiger partial charge in [0.15, 0.2) is 0 Å². The molecule has 1 aliphatic rings. The maximum absolute atomic E-state index is 12.2. The van der Waals surface area contributed by atoms with Crippen LogP contribution in [0.15, 0.2) is 34.9 Å². The molecule has 0 atom stereocenters. The summed E-state index contributed by atoms with van der Waals surface area (Å²) in [6.45, 7) is 0.724. The van der Waals surface area contributed by atoms with Gasteiger partial charge in [-0.2, -0.15) is 0 Å². The molecule has 3 nitrogen and oxygen atoms in total. The van der Waals surface area contributed by atoms with E-state index in [0.717, 1.165) is 43.2 Å². The van der Waals surface area contributed by atoms with Crippen LogP contribution in [0.4, 0.5) is 0 Å². The highest BCUT2D eigenvalue weighted by Crippen LogP contribution is 2.27. The SMILES string of the molecule is O=C(NCC1CCC(Cl)CC1)c1coc2ccccc12. The summed E-state index contributed by atoms with van der Waals surface area (Å²) < 4.78 is 5.40. The summed E-state index contributed by atoms with van der Waals surface area (Å²) >= 11 is 6.09. The van der Waals surface area contributed by atoms with Crippen LogP contribution in [0.25, 0.3) is 11.0 Å². The lowest BCUT2D eigenvalue weighted by molar-refractivity contribution is 0.0944. The summed E-state index contributed by atoms with van der Waals surface area (Å²) in [5, 5.41) is 4.21. The summed E-state index contributed by atoms with van der Waals surface area (Å²) in [6.07, 6.45) is 5.84. The third kappa shape index (κ3) is 2.83. The van der Waals surface area contributed by atoms with E-state index in [9.17, 15) is 4.79 Å². The van der Waals surface area contributed by atoms with Crippen LogP contribution in [-0.2, 0) is 0 Å². The minimum Gasteiger partial charge on any atom is -0.463 e. The Kier molecular flexibility index (Phi) is 3.97. The van der Waals surface area contributed by atoms with Gasteiger partial charge in [0.1, 0.15) is 11.8 Å². The number of para-hydroxylation sites is 1. The van der Waals surface area contributed by atoms with Crippen LogP contribution in [0.5, 0.6) is 0 Å². The molecule has 106 valence electrons. The smallest absolute Gasteiger partial charge is 0.255 e. The van der Waals surface area contributed by atoms with Gasteiger partial charge in [0.05, 0.1) is 5.56 Å². The molecule has 1 aromatic carbocycles. The zero-order valence-electron chi connectivity index (χ0n) is 11.3. The Morgan fingerprint density at radius 1 is 1.25 bits per heavy atom. The van der Waals surface area contributed by atoms with Crippen LogP contribution >= 0.6 is 11.6 Å². The van der Waals surface area contributed by atoms with Crippen LogP contribution in [0.1, 0.15) is 36.0 Å². The molecule has 1 amide bonds. The molecular formula is C16H18ClNO2. The fraction of sp³-hybridized carbons (Fsp3) is 0.438. The second-order valence-corrected chi connectivity index (χ2v) is 6.09. The van der Waals surface area contributed by atoms with E-state index in [1.165, 1.54) is 6.26 Å². The lowest BCUT2D eigenvalue weighted by Gasteiger charge is -2.24. The Labute approximate surface area is 123 Å². The van der Waals surface area contributed by atoms with Crippen molar-refractivity contribution in [3.05, 3.63) is 36.1 Å². The Balaban J connectivity index is 1.62. The lowest BCUT2D eigenvalue weighted by Crippen LogP contribution is -2.31. The number of hydrogen-bond donors (Lipinski definition) is 1. The quantitative estimate of drug-likeness (QED) is 0.870. The number of carbonyl (C=O) groups is 1. The largest absolute Gasteiger partial charge is 0.463 e. The fourth-order valence-corrected chi connectivity index (χ4v) is 3.06. The molecule has 0 saturated heterocycles. The molecule has 0 bridgehead atoms. The molecule has 1 heterocycles. The van der Waals surface area contributed by atoms with Crippen molar-refractivity contribution in [2.24, 2.45) is 5.92 Å². The Morgan fingerprint density at radius 2 is 2.00 bits per heavy atom. The topological polar surface area (TPSA) is 42.2 Å². The molecule has 20 heavy (non-hydrogen) atoms. The summed E-state index contributed by atoms with van der Waals surface area (Å²) in [4.78, 5) is 12.2. The zero-order chi connectivity index (χ0) is 13.9. The van der Waals surface area contributed by atoms with E-state index < -0.39 is 0 Å². The van der Waals surface area contributed by atoms with Gasteiger partial charge in [0.2, 0.25) is 0 Å². The first kappa shape index (κ1) is 13.5. The second-order valence-electron chi connectivity index (χ2n) is 5.47. The molecule has 1 aromatic heterocycles. The van der Waals surface area contributed by atoms with Crippen LogP contribution < -0.4 is 5.32 Å². The predicted octanol–water partition coefficient (Wildman–Crippen LogP) is 3.96. The molecule has 3 rings (SSSR count). The summed E-state index contributed by atoms with van der Waals surface area (Å²) in [5.41, 5.74) is 1.37. The number of benzene rings is 1. The van der Waals surface area contributed by atoms with Gasteiger partial charge in [-0.25, -0.2) is 0 Å². The molecule has 2 aromatic rings. The van der Waals surface area contributed by atoms with Crippen LogP contribution in [-0.4, -0.2) is 17.8 Å². The lowest BCUT2D eigenvalue weighted by atomic mass is 9.89. The highest BCUT2D eigenvalue weighted by Gasteiger charge is 2.21. The van der Waals surface area contributed by atoms with E-state index in [-0.39, 0.29) is 5.91 Å². The highest BCUT2D eigenvalue weighted by atomic mass is 35.5. The van der Waals surface area contributed by atoms with Gasteiger partial charge in [-0.3, -0.25) is 4.79 Å². The maximum atomic E-state index is 12.2. The van der Waals surface area contributed by atoms with Crippen molar-refractivity contribution in [2.45, 2.75) is 31.1 Å². The molecule has 0 radical (unpaired) electrons. The van der Waals surface area contributed by atoms with E-state index in [1.54, 1.807) is 0 Å². The second kappa shape index (κ2) is 5.88. The van der Waals surface area contributed by atoms with Gasteiger partial charge in [-0.05, 0) is 37.7 Å². The van der Waals surface area contributed by atoms with Crippen LogP contribution in [0, 0.1) is 5.92 Å². The molecule has 4 heteroatoms. The molecule has 0 spiro atoms. The van der Waals surface area contributed by atoms with Crippen molar-refractivity contribution in [2.75, 3.05) is 6.54 Å². The summed E-state index contributed by atoms with van der Waals surface area (Å²) in [6, 6.07) is 7.59. The standard InChI is InChI=1S/C16H18ClNO2/c17-12-7-5-11(6-8-12)9-18-16(19)14-10-20-15-4-2-1-3-13(14)15/h1-4,10-12H,5-9H2,(H,18,19). The number of furan rings is 1. The zero-order valence-corrected chi connectivity index (χ0v) is 12.0. The number of carbonyl (C=O) groups excluding carboxylic acids is 1. The molecule has 1 fully saturated rings. The average Bonchev–Trinajstić information content (AvgIpc) is 2.90. The number of nitrogens with one attached hydrogen (secondary N) is 1. The monoisotopic (exact) mass is 291 g/mol. The molecule has 0 unspecified atom stereocenters. The maximum Gasteiger partial charge on any atom is 0.255 e. The minimum absolute atomic E-state index is 0.0528. The van der Waals surface area contributed by atoms with Gasteiger partial charge in [0, 0.05) is 17.3 Å². The first-order valence-corrected chi connectivity index (χ1v) is 7.56. The van der Waals surface area contributed by atoms with E-state index in [1.807, 2.05) is 24.3 Å². The van der Waals surface area contributed by atoms with Crippen molar-refractivity contribution >= 4 is 28.5 Å². The van der Waals surface area contributed by atoms with Gasteiger partial charge < -0.3 is 9.73 Å². The first-order valence-electron chi connectivity index (χ1n) is 7.12. The number of amides is 1. The van der Waals surface area contributed by atoms with Crippen molar-refractivity contribution in [3.8, 4) is 0 Å². The van der Waals surface area contributed by atoms with E-state index in [0.29, 0.717) is 16.9 Å². The number of fused-ring (bicyclic) bond motifs is 1. The number of alkyl halides is 1. The third-order valence-electron chi connectivity index (χ3n) is 4.05. The predicted molar refractivity (Wildman–Crippen MR) is 80.1 cm³/mol. The Hall–Kier alpha value is -1.48. The molecular weight excluding hydrogens is 274 g/mol. The summed E-state index contributed by atoms with van der Waals surface area (Å²) in [5.74, 6) is 0.495. The fourth-order valence-electron chi connectivity index (χ4n) is 2.81. The number of halogens is 1. The van der Waals surface area contributed by atoms with Crippen molar-refractivity contribution in [3.63, 3.8) is 0 Å². The van der Waals surface area contributed by atoms with Crippen LogP contribution in [0.3, 0.4) is 0 Å². The van der Waals surface area contributed by atoms with Crippen LogP contribution in [0.2, 0.25) is 0 Å². The molecule has 1 saturated carbocycles. The van der Waals surface area contributed by atoms with E-state index >= 15 is 0 Å². The molecule has 1 aliphatic carbocycles. The van der Waals surface area contributed by atoms with E-state index in [2.05, 4.69) is 5.32 Å². The third-order valence-corrected chi connectivity index (χ3v) is 4.49. The Bertz CT molecular complexity index is 599. The van der Waals surface area contributed by atoms with Crippen molar-refractivity contribution < 1.29 is 9.21 Å². The highest BCUT2D eigenvalue weighted by molar-refractivity contribution is 6.20. The van der Waals surface area contributed by atoms with Gasteiger partial charge >= 0.3 is 0 Å². The van der Waals surface area contributed by atoms with Gasteiger partial charge in [-0.15, -0.1) is 11.6 Å². The normalized spacial score (nSPS) is 22.9. The molecule has 1 N–H and O–H groups in total. The number of rotatable bonds is 3. The van der Waals surface area contributed by atoms with Gasteiger partial charge in [0.25, 0.3) is 5.91 Å². The summed E-state index contributed by atoms with van der Waals surface area (Å²) in [7, 11) is 0. The first-order chi connectivity index (χ1) is 9.74. The number of hydrogen-bond acceptors (Lipinski definition) is 2. The van der Waals surface area contributed by atoms with E-state index in [4.69, 9.17) is 16.0 Å². The van der Waals surface area contributed by atoms with Gasteiger partial charge in [-0.1, -0.05) is 18.2 Å².